The second kappa shape index (κ2) is 4.68. The van der Waals surface area contributed by atoms with Crippen LogP contribution in [0.5, 0.6) is 0 Å². The van der Waals surface area contributed by atoms with E-state index in [1.54, 1.807) is 0 Å². The molecule has 1 fully saturated rings. The van der Waals surface area contributed by atoms with E-state index in [-0.39, 0.29) is 5.96 Å². The van der Waals surface area contributed by atoms with Gasteiger partial charge in [-0.3, -0.25) is 4.90 Å². The summed E-state index contributed by atoms with van der Waals surface area (Å²) in [7, 11) is 0. The third-order valence-electron chi connectivity index (χ3n) is 3.52. The van der Waals surface area contributed by atoms with Crippen molar-refractivity contribution in [1.82, 2.24) is 14.9 Å². The summed E-state index contributed by atoms with van der Waals surface area (Å²) < 4.78 is 5.41. The van der Waals surface area contributed by atoms with Gasteiger partial charge < -0.3 is 36.5 Å². The van der Waals surface area contributed by atoms with Crippen molar-refractivity contribution in [2.45, 2.75) is 30.7 Å². The van der Waals surface area contributed by atoms with Crippen LogP contribution in [-0.4, -0.2) is 67.3 Å². The van der Waals surface area contributed by atoms with Crippen LogP contribution < -0.4 is 11.5 Å². The number of aliphatic hydroxyl groups is 3. The summed E-state index contributed by atoms with van der Waals surface area (Å²) in [5.74, 6) is 0.393. The molecule has 2 aliphatic heterocycles. The third-order valence-corrected chi connectivity index (χ3v) is 3.52. The lowest BCUT2D eigenvalue weighted by molar-refractivity contribution is -0.0849. The smallest absolute Gasteiger partial charge is 0.201 e. The lowest BCUT2D eigenvalue weighted by Crippen LogP contribution is -2.55. The average Bonchev–Trinajstić information content (AvgIpc) is 2.98. The molecule has 3 heterocycles. The fourth-order valence-electron chi connectivity index (χ4n) is 2.45. The van der Waals surface area contributed by atoms with Gasteiger partial charge in [0.15, 0.2) is 12.0 Å². The summed E-state index contributed by atoms with van der Waals surface area (Å²) in [5.41, 5.74) is 12.4. The highest BCUT2D eigenvalue weighted by molar-refractivity contribution is 5.83. The standard InChI is InChI=1S/C10H16N6O4/c11-7-4-8(14-2-13-4)15-10(12)16(7)9-6(19)5(18)3(1-17)20-9/h2-3,5-7,9,17-19H,1,11H2,(H2,12,15)(H,13,14)/t3-,5+,6-,7?,9?/m1/s1. The molecule has 0 spiro atoms. The van der Waals surface area contributed by atoms with E-state index in [2.05, 4.69) is 15.0 Å². The topological polar surface area (TPSA) is 166 Å². The largest absolute Gasteiger partial charge is 0.394 e. The molecule has 5 atom stereocenters. The number of hydrogen-bond acceptors (Lipinski definition) is 9. The monoisotopic (exact) mass is 284 g/mol. The molecule has 1 aromatic heterocycles. The molecule has 0 amide bonds. The number of nitrogens with zero attached hydrogens (tertiary/aromatic N) is 3. The summed E-state index contributed by atoms with van der Waals surface area (Å²) in [4.78, 5) is 12.2. The van der Waals surface area contributed by atoms with Crippen LogP contribution in [0.2, 0.25) is 0 Å². The van der Waals surface area contributed by atoms with Crippen molar-refractivity contribution >= 4 is 11.8 Å². The quantitative estimate of drug-likeness (QED) is 0.335. The Morgan fingerprint density at radius 3 is 2.80 bits per heavy atom. The predicted molar refractivity (Wildman–Crippen MR) is 66.4 cm³/mol. The van der Waals surface area contributed by atoms with Crippen LogP contribution in [-0.2, 0) is 4.74 Å². The van der Waals surface area contributed by atoms with E-state index in [9.17, 15) is 10.2 Å². The van der Waals surface area contributed by atoms with Gasteiger partial charge in [0.25, 0.3) is 0 Å². The molecule has 0 radical (unpaired) electrons. The number of aliphatic imine (C=N–C) groups is 1. The van der Waals surface area contributed by atoms with Gasteiger partial charge in [-0.1, -0.05) is 0 Å². The molecule has 1 aromatic rings. The van der Waals surface area contributed by atoms with Crippen LogP contribution in [0.4, 0.5) is 5.82 Å². The number of nitrogens with one attached hydrogen (secondary N) is 1. The summed E-state index contributed by atoms with van der Waals surface area (Å²) in [6.07, 6.45) is -3.73. The maximum absolute atomic E-state index is 10.0. The van der Waals surface area contributed by atoms with E-state index in [4.69, 9.17) is 21.3 Å². The Balaban J connectivity index is 1.91. The summed E-state index contributed by atoms with van der Waals surface area (Å²) in [6.45, 7) is -0.426. The number of ether oxygens (including phenoxy) is 1. The molecule has 10 heteroatoms. The number of guanidine groups is 1. The molecular weight excluding hydrogens is 268 g/mol. The highest BCUT2D eigenvalue weighted by Crippen LogP contribution is 2.33. The maximum atomic E-state index is 10.0. The third kappa shape index (κ3) is 1.77. The molecule has 10 nitrogen and oxygen atoms in total. The fourth-order valence-corrected chi connectivity index (χ4v) is 2.45. The van der Waals surface area contributed by atoms with Crippen LogP contribution in [0.15, 0.2) is 11.3 Å². The van der Waals surface area contributed by atoms with Crippen molar-refractivity contribution in [1.29, 1.82) is 0 Å². The molecule has 110 valence electrons. The number of nitrogens with two attached hydrogens (primary N) is 2. The van der Waals surface area contributed by atoms with Crippen LogP contribution in [0.25, 0.3) is 0 Å². The molecule has 2 aliphatic rings. The molecule has 0 aliphatic carbocycles. The van der Waals surface area contributed by atoms with Gasteiger partial charge in [0.05, 0.1) is 18.6 Å². The van der Waals surface area contributed by atoms with Crippen LogP contribution >= 0.6 is 0 Å². The number of aromatic nitrogens is 2. The molecule has 8 N–H and O–H groups in total. The van der Waals surface area contributed by atoms with Gasteiger partial charge in [0.1, 0.15) is 24.5 Å². The van der Waals surface area contributed by atoms with Gasteiger partial charge in [-0.2, -0.15) is 4.99 Å². The number of imidazole rings is 1. The molecule has 3 rings (SSSR count). The lowest BCUT2D eigenvalue weighted by Gasteiger charge is -2.37. The Morgan fingerprint density at radius 2 is 2.15 bits per heavy atom. The minimum Gasteiger partial charge on any atom is -0.394 e. The Kier molecular flexibility index (Phi) is 3.11. The average molecular weight is 284 g/mol. The Hall–Kier alpha value is -1.72. The van der Waals surface area contributed by atoms with Crippen molar-refractivity contribution in [3.8, 4) is 0 Å². The Morgan fingerprint density at radius 1 is 1.40 bits per heavy atom. The summed E-state index contributed by atoms with van der Waals surface area (Å²) in [5, 5.41) is 28.9. The fraction of sp³-hybridized carbons (Fsp3) is 0.600. The molecule has 0 saturated carbocycles. The summed E-state index contributed by atoms with van der Waals surface area (Å²) in [6, 6.07) is 0. The number of fused-ring (bicyclic) bond motifs is 1. The molecule has 1 saturated heterocycles. The first-order valence-corrected chi connectivity index (χ1v) is 6.08. The highest BCUT2D eigenvalue weighted by Gasteiger charge is 2.48. The molecule has 0 bridgehead atoms. The molecule has 2 unspecified atom stereocenters. The van der Waals surface area contributed by atoms with Gasteiger partial charge >= 0.3 is 0 Å². The van der Waals surface area contributed by atoms with Crippen molar-refractivity contribution in [3.05, 3.63) is 12.0 Å². The van der Waals surface area contributed by atoms with Crippen LogP contribution in [0.3, 0.4) is 0 Å². The zero-order valence-electron chi connectivity index (χ0n) is 10.4. The predicted octanol–water partition coefficient (Wildman–Crippen LogP) is -2.93. The second-order valence-electron chi connectivity index (χ2n) is 4.69. The van der Waals surface area contributed by atoms with E-state index >= 15 is 0 Å². The maximum Gasteiger partial charge on any atom is 0.201 e. The van der Waals surface area contributed by atoms with Gasteiger partial charge in [-0.05, 0) is 0 Å². The number of aliphatic hydroxyl groups excluding tert-OH is 3. The second-order valence-corrected chi connectivity index (χ2v) is 4.69. The van der Waals surface area contributed by atoms with Gasteiger partial charge in [-0.25, -0.2) is 4.98 Å². The number of H-pyrrole nitrogens is 1. The van der Waals surface area contributed by atoms with Gasteiger partial charge in [-0.15, -0.1) is 0 Å². The van der Waals surface area contributed by atoms with Crippen molar-refractivity contribution in [2.24, 2.45) is 16.5 Å². The SMILES string of the molecule is NC1=Nc2nc[nH]c2C(N)N1C1O[C@H](CO)[C@H](O)[C@H]1O. The van der Waals surface area contributed by atoms with Crippen molar-refractivity contribution in [2.75, 3.05) is 6.61 Å². The lowest BCUT2D eigenvalue weighted by atomic mass is 10.1. The van der Waals surface area contributed by atoms with Crippen molar-refractivity contribution in [3.63, 3.8) is 0 Å². The number of aromatic amines is 1. The van der Waals surface area contributed by atoms with E-state index < -0.39 is 37.3 Å². The molecular formula is C10H16N6O4. The van der Waals surface area contributed by atoms with Crippen LogP contribution in [0, 0.1) is 0 Å². The zero-order chi connectivity index (χ0) is 14.4. The Labute approximate surface area is 113 Å². The number of hydrogen-bond donors (Lipinski definition) is 6. The van der Waals surface area contributed by atoms with Crippen LogP contribution in [0.1, 0.15) is 11.9 Å². The van der Waals surface area contributed by atoms with E-state index in [0.717, 1.165) is 0 Å². The van der Waals surface area contributed by atoms with E-state index in [0.29, 0.717) is 11.5 Å². The summed E-state index contributed by atoms with van der Waals surface area (Å²) >= 11 is 0. The zero-order valence-corrected chi connectivity index (χ0v) is 10.4. The highest BCUT2D eigenvalue weighted by atomic mass is 16.6. The van der Waals surface area contributed by atoms with E-state index in [1.165, 1.54) is 11.2 Å². The number of rotatable bonds is 2. The van der Waals surface area contributed by atoms with E-state index in [1.807, 2.05) is 0 Å². The van der Waals surface area contributed by atoms with Gasteiger partial charge in [0.2, 0.25) is 5.96 Å². The van der Waals surface area contributed by atoms with Crippen molar-refractivity contribution < 1.29 is 20.1 Å². The first kappa shape index (κ1) is 13.3. The minimum atomic E-state index is -1.27. The normalized spacial score (nSPS) is 36.9. The Bertz CT molecular complexity index is 534. The molecule has 20 heavy (non-hydrogen) atoms. The van der Waals surface area contributed by atoms with Gasteiger partial charge in [0, 0.05) is 0 Å². The molecule has 0 aromatic carbocycles. The first-order chi connectivity index (χ1) is 9.54. The first-order valence-electron chi connectivity index (χ1n) is 6.08. The minimum absolute atomic E-state index is 0.0203.